The molecule has 2 aliphatic rings. The molecule has 0 amide bonds. The summed E-state index contributed by atoms with van der Waals surface area (Å²) >= 11 is 0. The topological polar surface area (TPSA) is 45.4 Å². The molecule has 0 bridgehead atoms. The van der Waals surface area contributed by atoms with E-state index in [0.29, 0.717) is 18.9 Å². The Morgan fingerprint density at radius 3 is 2.30 bits per heavy atom. The summed E-state index contributed by atoms with van der Waals surface area (Å²) in [7, 11) is 0. The molecule has 0 aliphatic carbocycles. The van der Waals surface area contributed by atoms with Crippen LogP contribution in [0, 0.1) is 0 Å². The lowest BCUT2D eigenvalue weighted by Crippen LogP contribution is -2.40. The second-order valence-electron chi connectivity index (χ2n) is 5.62. The second-order valence-corrected chi connectivity index (χ2v) is 5.62. The van der Waals surface area contributed by atoms with Crippen LogP contribution in [0.5, 0.6) is 0 Å². The molecule has 0 radical (unpaired) electrons. The number of pyridine rings is 1. The van der Waals surface area contributed by atoms with Gasteiger partial charge in [-0.1, -0.05) is 0 Å². The first-order chi connectivity index (χ1) is 9.55. The fourth-order valence-electron chi connectivity index (χ4n) is 2.94. The number of hydrogen-bond donors (Lipinski definition) is 1. The lowest BCUT2D eigenvalue weighted by atomic mass is 10.1. The lowest BCUT2D eigenvalue weighted by molar-refractivity contribution is -0.0221. The number of hydrogen-bond acceptors (Lipinski definition) is 4. The van der Waals surface area contributed by atoms with E-state index in [4.69, 9.17) is 5.73 Å². The molecule has 2 fully saturated rings. The van der Waals surface area contributed by atoms with Crippen LogP contribution in [0.25, 0.3) is 0 Å². The van der Waals surface area contributed by atoms with Crippen LogP contribution in [0.3, 0.4) is 0 Å². The van der Waals surface area contributed by atoms with Gasteiger partial charge in [-0.25, -0.2) is 13.8 Å². The van der Waals surface area contributed by atoms with E-state index in [1.165, 1.54) is 12.8 Å². The number of piperidine rings is 1. The number of aromatic nitrogens is 1. The molecule has 20 heavy (non-hydrogen) atoms. The van der Waals surface area contributed by atoms with Crippen LogP contribution in [-0.4, -0.2) is 37.1 Å². The predicted octanol–water partition coefficient (Wildman–Crippen LogP) is 2.50. The molecule has 1 aromatic heterocycles. The zero-order chi connectivity index (χ0) is 14.2. The molecule has 6 heteroatoms. The fraction of sp³-hybridized carbons (Fsp3) is 0.643. The maximum atomic E-state index is 13.3. The third-order valence-electron chi connectivity index (χ3n) is 4.12. The molecule has 0 atom stereocenters. The summed E-state index contributed by atoms with van der Waals surface area (Å²) in [5.41, 5.74) is 6.81. The van der Waals surface area contributed by atoms with Crippen molar-refractivity contribution < 1.29 is 8.78 Å². The lowest BCUT2D eigenvalue weighted by Gasteiger charge is -2.35. The molecule has 3 rings (SSSR count). The average molecular weight is 282 g/mol. The third kappa shape index (κ3) is 2.64. The number of nitrogens with two attached hydrogens (primary N) is 1. The van der Waals surface area contributed by atoms with Gasteiger partial charge in [0.15, 0.2) is 5.82 Å². The highest BCUT2D eigenvalue weighted by Gasteiger charge is 2.35. The highest BCUT2D eigenvalue weighted by molar-refractivity contribution is 5.70. The highest BCUT2D eigenvalue weighted by Crippen LogP contribution is 2.35. The van der Waals surface area contributed by atoms with Gasteiger partial charge in [-0.05, 0) is 25.0 Å². The Hall–Kier alpha value is -1.59. The smallest absolute Gasteiger partial charge is 0.251 e. The quantitative estimate of drug-likeness (QED) is 0.905. The highest BCUT2D eigenvalue weighted by atomic mass is 19.3. The number of halogens is 2. The molecule has 2 saturated heterocycles. The monoisotopic (exact) mass is 282 g/mol. The molecule has 0 aromatic carbocycles. The van der Waals surface area contributed by atoms with Crippen molar-refractivity contribution in [3.8, 4) is 0 Å². The zero-order valence-electron chi connectivity index (χ0n) is 11.5. The SMILES string of the molecule is Nc1ccc(N2CCCC2)c(N2CCC(F)(F)CC2)n1. The van der Waals surface area contributed by atoms with Crippen LogP contribution >= 0.6 is 0 Å². The molecule has 1 aromatic rings. The van der Waals surface area contributed by atoms with Crippen molar-refractivity contribution in [1.29, 1.82) is 0 Å². The number of nitrogens with zero attached hydrogens (tertiary/aromatic N) is 3. The molecular weight excluding hydrogens is 262 g/mol. The van der Waals surface area contributed by atoms with Gasteiger partial charge < -0.3 is 15.5 Å². The van der Waals surface area contributed by atoms with Crippen LogP contribution in [0.2, 0.25) is 0 Å². The second kappa shape index (κ2) is 5.07. The first kappa shape index (κ1) is 13.4. The molecule has 2 aliphatic heterocycles. The Bertz CT molecular complexity index is 476. The number of nitrogen functional groups attached to an aromatic ring is 1. The van der Waals surface area contributed by atoms with Crippen LogP contribution in [0.15, 0.2) is 12.1 Å². The number of anilines is 3. The molecular formula is C14H20F2N4. The maximum Gasteiger partial charge on any atom is 0.251 e. The van der Waals surface area contributed by atoms with Gasteiger partial charge in [-0.3, -0.25) is 0 Å². The van der Waals surface area contributed by atoms with Gasteiger partial charge in [0.1, 0.15) is 5.82 Å². The van der Waals surface area contributed by atoms with E-state index in [1.54, 1.807) is 6.07 Å². The van der Waals surface area contributed by atoms with Gasteiger partial charge in [0.05, 0.1) is 5.69 Å². The van der Waals surface area contributed by atoms with E-state index in [1.807, 2.05) is 11.0 Å². The van der Waals surface area contributed by atoms with Gasteiger partial charge >= 0.3 is 0 Å². The minimum Gasteiger partial charge on any atom is -0.384 e. The summed E-state index contributed by atoms with van der Waals surface area (Å²) in [6, 6.07) is 3.76. The maximum absolute atomic E-state index is 13.3. The molecule has 4 nitrogen and oxygen atoms in total. The van der Waals surface area contributed by atoms with Gasteiger partial charge in [0, 0.05) is 39.0 Å². The Morgan fingerprint density at radius 1 is 1.00 bits per heavy atom. The first-order valence-corrected chi connectivity index (χ1v) is 7.19. The Labute approximate surface area is 117 Å². The van der Waals surface area contributed by atoms with Crippen LogP contribution in [0.4, 0.5) is 26.1 Å². The van der Waals surface area contributed by atoms with Crippen LogP contribution in [-0.2, 0) is 0 Å². The van der Waals surface area contributed by atoms with Gasteiger partial charge in [0.25, 0.3) is 5.92 Å². The largest absolute Gasteiger partial charge is 0.384 e. The first-order valence-electron chi connectivity index (χ1n) is 7.19. The van der Waals surface area contributed by atoms with E-state index in [9.17, 15) is 8.78 Å². The standard InChI is InChI=1S/C14H20F2N4/c15-14(16)5-9-20(10-6-14)13-11(3-4-12(17)18-13)19-7-1-2-8-19/h3-4H,1-2,5-10H2,(H2,17,18). The number of alkyl halides is 2. The normalized spacial score (nSPS) is 22.3. The molecule has 0 saturated carbocycles. The summed E-state index contributed by atoms with van der Waals surface area (Å²) in [6.45, 7) is 2.68. The summed E-state index contributed by atoms with van der Waals surface area (Å²) in [4.78, 5) is 8.62. The Kier molecular flexibility index (Phi) is 3.40. The fourth-order valence-corrected chi connectivity index (χ4v) is 2.94. The predicted molar refractivity (Wildman–Crippen MR) is 76.5 cm³/mol. The van der Waals surface area contributed by atoms with E-state index in [-0.39, 0.29) is 12.8 Å². The van der Waals surface area contributed by atoms with E-state index in [0.717, 1.165) is 24.6 Å². The summed E-state index contributed by atoms with van der Waals surface area (Å²) in [6.07, 6.45) is 2.12. The van der Waals surface area contributed by atoms with E-state index >= 15 is 0 Å². The summed E-state index contributed by atoms with van der Waals surface area (Å²) in [5.74, 6) is -1.33. The Morgan fingerprint density at radius 2 is 1.65 bits per heavy atom. The third-order valence-corrected chi connectivity index (χ3v) is 4.12. The average Bonchev–Trinajstić information content (AvgIpc) is 2.92. The van der Waals surface area contributed by atoms with E-state index in [2.05, 4.69) is 9.88 Å². The molecule has 110 valence electrons. The molecule has 0 unspecified atom stereocenters. The summed E-state index contributed by atoms with van der Waals surface area (Å²) in [5, 5.41) is 0. The Balaban J connectivity index is 1.86. The van der Waals surface area contributed by atoms with Crippen LogP contribution < -0.4 is 15.5 Å². The zero-order valence-corrected chi connectivity index (χ0v) is 11.5. The van der Waals surface area contributed by atoms with Crippen molar-refractivity contribution >= 4 is 17.3 Å². The number of rotatable bonds is 2. The minimum absolute atomic E-state index is 0.108. The van der Waals surface area contributed by atoms with Crippen molar-refractivity contribution in [2.75, 3.05) is 41.7 Å². The molecule has 0 spiro atoms. The summed E-state index contributed by atoms with van der Waals surface area (Å²) < 4.78 is 26.6. The van der Waals surface area contributed by atoms with Gasteiger partial charge in [-0.2, -0.15) is 0 Å². The minimum atomic E-state index is -2.54. The van der Waals surface area contributed by atoms with Gasteiger partial charge in [0.2, 0.25) is 0 Å². The molecule has 2 N–H and O–H groups in total. The van der Waals surface area contributed by atoms with Crippen molar-refractivity contribution in [1.82, 2.24) is 4.98 Å². The molecule has 3 heterocycles. The van der Waals surface area contributed by atoms with Crippen molar-refractivity contribution in [3.05, 3.63) is 12.1 Å². The van der Waals surface area contributed by atoms with Crippen LogP contribution in [0.1, 0.15) is 25.7 Å². The van der Waals surface area contributed by atoms with Crippen molar-refractivity contribution in [2.24, 2.45) is 0 Å². The van der Waals surface area contributed by atoms with Gasteiger partial charge in [-0.15, -0.1) is 0 Å². The van der Waals surface area contributed by atoms with Crippen molar-refractivity contribution in [2.45, 2.75) is 31.6 Å². The van der Waals surface area contributed by atoms with Crippen molar-refractivity contribution in [3.63, 3.8) is 0 Å². The van der Waals surface area contributed by atoms with E-state index < -0.39 is 5.92 Å².